The van der Waals surface area contributed by atoms with E-state index in [1.165, 1.54) is 15.4 Å². The molecule has 2 aromatic rings. The Labute approximate surface area is 158 Å². The van der Waals surface area contributed by atoms with Gasteiger partial charge in [-0.05, 0) is 61.4 Å². The van der Waals surface area contributed by atoms with Crippen molar-refractivity contribution in [3.63, 3.8) is 0 Å². The van der Waals surface area contributed by atoms with Gasteiger partial charge in [-0.25, -0.2) is 8.42 Å². The average molecular weight is 391 g/mol. The minimum atomic E-state index is -3.31. The van der Waals surface area contributed by atoms with Crippen LogP contribution in [0.1, 0.15) is 46.6 Å². The van der Waals surface area contributed by atoms with Crippen molar-refractivity contribution in [1.29, 1.82) is 0 Å². The third-order valence-corrected chi connectivity index (χ3v) is 7.47. The molecule has 1 amide bonds. The Hall–Kier alpha value is -1.86. The fraction of sp³-hybridized carbons (Fsp3) is 0.421. The molecule has 0 bridgehead atoms. The molecule has 26 heavy (non-hydrogen) atoms. The van der Waals surface area contributed by atoms with Gasteiger partial charge >= 0.3 is 0 Å². The van der Waals surface area contributed by atoms with E-state index in [-0.39, 0.29) is 18.0 Å². The van der Waals surface area contributed by atoms with Crippen LogP contribution in [0.3, 0.4) is 0 Å². The average Bonchev–Trinajstić information content (AvgIpc) is 3.30. The van der Waals surface area contributed by atoms with Gasteiger partial charge in [-0.2, -0.15) is 0 Å². The maximum atomic E-state index is 13.1. The van der Waals surface area contributed by atoms with E-state index >= 15 is 0 Å². The molecule has 2 unspecified atom stereocenters. The molecular formula is C19H22N2O3S2. The number of hydrogen-bond donors (Lipinski definition) is 0. The normalized spacial score (nSPS) is 22.7. The van der Waals surface area contributed by atoms with Crippen LogP contribution in [0.25, 0.3) is 0 Å². The van der Waals surface area contributed by atoms with Crippen LogP contribution in [0.2, 0.25) is 0 Å². The molecule has 7 heteroatoms. The van der Waals surface area contributed by atoms with Gasteiger partial charge < -0.3 is 4.90 Å². The van der Waals surface area contributed by atoms with Crippen LogP contribution >= 0.6 is 11.3 Å². The first-order valence-electron chi connectivity index (χ1n) is 8.83. The number of carbonyl (C=O) groups excluding carboxylic acids is 1. The number of anilines is 1. The van der Waals surface area contributed by atoms with Gasteiger partial charge in [0.25, 0.3) is 5.91 Å². The quantitative estimate of drug-likeness (QED) is 0.807. The van der Waals surface area contributed by atoms with Gasteiger partial charge in [0, 0.05) is 23.0 Å². The van der Waals surface area contributed by atoms with Crippen LogP contribution in [-0.2, 0) is 16.4 Å². The second-order valence-electron chi connectivity index (χ2n) is 7.13. The summed E-state index contributed by atoms with van der Waals surface area (Å²) >= 11 is 1.69. The highest BCUT2D eigenvalue weighted by molar-refractivity contribution is 7.92. The molecular weight excluding hydrogens is 368 g/mol. The Morgan fingerprint density at radius 2 is 2.08 bits per heavy atom. The standard InChI is InChI=1S/C19H22N2O3S2/c1-13-11-15-12-14(7-8-16(15)21(13)26(2,23)24)19(22)20-9-3-5-17(20)18-6-4-10-25-18/h4,6-8,10,12-13,17H,3,5,9,11H2,1-2H3. The van der Waals surface area contributed by atoms with E-state index in [4.69, 9.17) is 0 Å². The smallest absolute Gasteiger partial charge is 0.254 e. The summed E-state index contributed by atoms with van der Waals surface area (Å²) in [7, 11) is -3.31. The lowest BCUT2D eigenvalue weighted by Crippen LogP contribution is -2.34. The maximum absolute atomic E-state index is 13.1. The molecule has 2 aliphatic heterocycles. The largest absolute Gasteiger partial charge is 0.331 e. The third-order valence-electron chi connectivity index (χ3n) is 5.22. The highest BCUT2D eigenvalue weighted by atomic mass is 32.2. The molecule has 2 atom stereocenters. The van der Waals surface area contributed by atoms with Crippen molar-refractivity contribution < 1.29 is 13.2 Å². The zero-order valence-corrected chi connectivity index (χ0v) is 16.5. The number of carbonyl (C=O) groups is 1. The maximum Gasteiger partial charge on any atom is 0.254 e. The number of thiophene rings is 1. The van der Waals surface area contributed by atoms with Crippen LogP contribution in [0.4, 0.5) is 5.69 Å². The minimum absolute atomic E-state index is 0.0363. The lowest BCUT2D eigenvalue weighted by atomic mass is 10.1. The SMILES string of the molecule is CC1Cc2cc(C(=O)N3CCCC3c3cccs3)ccc2N1S(C)(=O)=O. The molecule has 1 aromatic heterocycles. The van der Waals surface area contributed by atoms with E-state index in [0.717, 1.165) is 24.9 Å². The molecule has 0 saturated carbocycles. The number of hydrogen-bond acceptors (Lipinski definition) is 4. The highest BCUT2D eigenvalue weighted by Gasteiger charge is 2.35. The topological polar surface area (TPSA) is 57.7 Å². The van der Waals surface area contributed by atoms with Crippen LogP contribution in [-0.4, -0.2) is 38.1 Å². The van der Waals surface area contributed by atoms with Crippen molar-refractivity contribution in [2.24, 2.45) is 0 Å². The Kier molecular flexibility index (Phi) is 4.31. The monoisotopic (exact) mass is 390 g/mol. The summed E-state index contributed by atoms with van der Waals surface area (Å²) in [6.45, 7) is 2.67. The van der Waals surface area contributed by atoms with Gasteiger partial charge in [0.2, 0.25) is 10.0 Å². The molecule has 1 saturated heterocycles. The molecule has 5 nitrogen and oxygen atoms in total. The zero-order chi connectivity index (χ0) is 18.5. The number of amides is 1. The summed E-state index contributed by atoms with van der Waals surface area (Å²) in [5, 5.41) is 2.05. The summed E-state index contributed by atoms with van der Waals surface area (Å²) in [6.07, 6.45) is 3.87. The lowest BCUT2D eigenvalue weighted by molar-refractivity contribution is 0.0738. The Bertz CT molecular complexity index is 938. The van der Waals surface area contributed by atoms with E-state index in [9.17, 15) is 13.2 Å². The molecule has 1 aromatic carbocycles. The Balaban J connectivity index is 1.64. The summed E-state index contributed by atoms with van der Waals surface area (Å²) in [4.78, 5) is 16.3. The first kappa shape index (κ1) is 17.5. The number of likely N-dealkylation sites (tertiary alicyclic amines) is 1. The van der Waals surface area contributed by atoms with E-state index in [0.29, 0.717) is 17.7 Å². The number of benzene rings is 1. The van der Waals surface area contributed by atoms with E-state index < -0.39 is 10.0 Å². The molecule has 138 valence electrons. The molecule has 3 heterocycles. The van der Waals surface area contributed by atoms with Gasteiger partial charge in [-0.1, -0.05) is 6.07 Å². The summed E-state index contributed by atoms with van der Waals surface area (Å²) in [6, 6.07) is 9.58. The fourth-order valence-corrected chi connectivity index (χ4v) is 6.33. The van der Waals surface area contributed by atoms with Crippen molar-refractivity contribution >= 4 is 33.0 Å². The molecule has 0 aliphatic carbocycles. The zero-order valence-electron chi connectivity index (χ0n) is 14.9. The Morgan fingerprint density at radius 1 is 1.27 bits per heavy atom. The van der Waals surface area contributed by atoms with Crippen molar-refractivity contribution in [1.82, 2.24) is 4.90 Å². The second kappa shape index (κ2) is 6.39. The lowest BCUT2D eigenvalue weighted by Gasteiger charge is -2.24. The van der Waals surface area contributed by atoms with Crippen molar-refractivity contribution in [3.05, 3.63) is 51.7 Å². The summed E-state index contributed by atoms with van der Waals surface area (Å²) in [5.41, 5.74) is 2.28. The van der Waals surface area contributed by atoms with Gasteiger partial charge in [0.1, 0.15) is 0 Å². The number of sulfonamides is 1. The third kappa shape index (κ3) is 2.93. The van der Waals surface area contributed by atoms with Crippen LogP contribution in [0.15, 0.2) is 35.7 Å². The van der Waals surface area contributed by atoms with Crippen molar-refractivity contribution in [3.8, 4) is 0 Å². The first-order valence-corrected chi connectivity index (χ1v) is 11.6. The molecule has 4 rings (SSSR count). The predicted octanol–water partition coefficient (Wildman–Crippen LogP) is 3.44. The molecule has 0 radical (unpaired) electrons. The molecule has 1 fully saturated rings. The predicted molar refractivity (Wildman–Crippen MR) is 104 cm³/mol. The van der Waals surface area contributed by atoms with Crippen LogP contribution < -0.4 is 4.31 Å². The van der Waals surface area contributed by atoms with Gasteiger partial charge in [-0.3, -0.25) is 9.10 Å². The summed E-state index contributed by atoms with van der Waals surface area (Å²) < 4.78 is 25.6. The van der Waals surface area contributed by atoms with E-state index in [2.05, 4.69) is 6.07 Å². The second-order valence-corrected chi connectivity index (χ2v) is 9.97. The van der Waals surface area contributed by atoms with E-state index in [1.807, 2.05) is 29.3 Å². The van der Waals surface area contributed by atoms with Gasteiger partial charge in [0.15, 0.2) is 0 Å². The van der Waals surface area contributed by atoms with Crippen molar-refractivity contribution in [2.45, 2.75) is 38.3 Å². The van der Waals surface area contributed by atoms with Crippen molar-refractivity contribution in [2.75, 3.05) is 17.1 Å². The number of rotatable bonds is 3. The molecule has 0 N–H and O–H groups in total. The molecule has 2 aliphatic rings. The molecule has 0 spiro atoms. The van der Waals surface area contributed by atoms with Crippen LogP contribution in [0, 0.1) is 0 Å². The number of fused-ring (bicyclic) bond motifs is 1. The van der Waals surface area contributed by atoms with Gasteiger partial charge in [0.05, 0.1) is 18.0 Å². The Morgan fingerprint density at radius 3 is 2.77 bits per heavy atom. The fourth-order valence-electron chi connectivity index (χ4n) is 4.19. The highest BCUT2D eigenvalue weighted by Crippen LogP contribution is 2.38. The van der Waals surface area contributed by atoms with Gasteiger partial charge in [-0.15, -0.1) is 11.3 Å². The number of nitrogens with zero attached hydrogens (tertiary/aromatic N) is 2. The first-order chi connectivity index (χ1) is 12.4. The van der Waals surface area contributed by atoms with E-state index in [1.54, 1.807) is 23.5 Å². The van der Waals surface area contributed by atoms with Crippen LogP contribution in [0.5, 0.6) is 0 Å². The minimum Gasteiger partial charge on any atom is -0.331 e. The summed E-state index contributed by atoms with van der Waals surface area (Å²) in [5.74, 6) is 0.0363.